The molecule has 234 valence electrons. The van der Waals surface area contributed by atoms with Crippen molar-refractivity contribution < 1.29 is 22.8 Å². The Morgan fingerprint density at radius 1 is 1.14 bits per heavy atom. The number of sulfonamides is 1. The quantitative estimate of drug-likeness (QED) is 0.241. The van der Waals surface area contributed by atoms with E-state index in [9.17, 15) is 22.9 Å². The molecule has 2 heterocycles. The summed E-state index contributed by atoms with van der Waals surface area (Å²) >= 11 is 13.0. The highest BCUT2D eigenvalue weighted by molar-refractivity contribution is 7.88. The number of nitrogens with one attached hydrogen (secondary N) is 2. The van der Waals surface area contributed by atoms with Gasteiger partial charge in [0.2, 0.25) is 10.0 Å². The molecule has 1 fully saturated rings. The Labute approximate surface area is 265 Å². The zero-order valence-corrected chi connectivity index (χ0v) is 26.4. The summed E-state index contributed by atoms with van der Waals surface area (Å²) < 4.78 is 29.1. The second kappa shape index (κ2) is 13.3. The van der Waals surface area contributed by atoms with Crippen LogP contribution in [-0.4, -0.2) is 53.0 Å². The van der Waals surface area contributed by atoms with Crippen LogP contribution in [0.3, 0.4) is 0 Å². The minimum atomic E-state index is -3.60. The van der Waals surface area contributed by atoms with Gasteiger partial charge in [0.05, 0.1) is 30.1 Å². The zero-order chi connectivity index (χ0) is 31.6. The molecule has 4 atom stereocenters. The van der Waals surface area contributed by atoms with Crippen LogP contribution in [0.15, 0.2) is 53.8 Å². The largest absolute Gasteiger partial charge is 0.331 e. The summed E-state index contributed by atoms with van der Waals surface area (Å²) in [6, 6.07) is 9.65. The molecule has 15 heteroatoms. The van der Waals surface area contributed by atoms with Gasteiger partial charge in [-0.25, -0.2) is 23.6 Å². The first-order valence-corrected chi connectivity index (χ1v) is 16.7. The van der Waals surface area contributed by atoms with Gasteiger partial charge in [0.1, 0.15) is 19.0 Å². The fourth-order valence-corrected chi connectivity index (χ4v) is 7.54. The SMILES string of the molecule is Cn1c(CN=O)cnc1CONC(=O)[C@@H]1c2ccccc2C(=O)N([C@H]2CCCC[C@@H]2NS(C)(=O)=O)[C@H]1c1ccc(Cl)cc1Cl. The number of nitrogens with zero attached hydrogens (tertiary/aromatic N) is 4. The average Bonchev–Trinajstić information content (AvgIpc) is 3.31. The van der Waals surface area contributed by atoms with Gasteiger partial charge in [0.15, 0.2) is 0 Å². The van der Waals surface area contributed by atoms with Gasteiger partial charge in [0.25, 0.3) is 11.8 Å². The minimum absolute atomic E-state index is 0.0571. The Kier molecular flexibility index (Phi) is 9.71. The number of carbonyl (C=O) groups excluding carboxylic acids is 2. The van der Waals surface area contributed by atoms with Gasteiger partial charge in [-0.2, -0.15) is 4.91 Å². The van der Waals surface area contributed by atoms with Gasteiger partial charge in [0, 0.05) is 34.7 Å². The van der Waals surface area contributed by atoms with E-state index < -0.39 is 40.0 Å². The zero-order valence-electron chi connectivity index (χ0n) is 24.1. The Hall–Kier alpha value is -3.36. The predicted octanol–water partition coefficient (Wildman–Crippen LogP) is 4.38. The van der Waals surface area contributed by atoms with E-state index in [1.54, 1.807) is 59.0 Å². The van der Waals surface area contributed by atoms with Crippen molar-refractivity contribution in [1.82, 2.24) is 24.7 Å². The van der Waals surface area contributed by atoms with Crippen LogP contribution in [0.2, 0.25) is 10.0 Å². The third-order valence-corrected chi connectivity index (χ3v) is 9.47. The Bertz CT molecular complexity index is 1680. The maximum absolute atomic E-state index is 14.3. The highest BCUT2D eigenvalue weighted by Crippen LogP contribution is 2.47. The van der Waals surface area contributed by atoms with E-state index in [0.717, 1.165) is 19.1 Å². The van der Waals surface area contributed by atoms with Crippen LogP contribution in [0.4, 0.5) is 0 Å². The summed E-state index contributed by atoms with van der Waals surface area (Å²) in [5, 5.41) is 3.52. The molecule has 2 N–H and O–H groups in total. The van der Waals surface area contributed by atoms with Gasteiger partial charge >= 0.3 is 0 Å². The molecule has 0 saturated heterocycles. The lowest BCUT2D eigenvalue weighted by Gasteiger charge is -2.49. The Balaban J connectivity index is 1.56. The van der Waals surface area contributed by atoms with E-state index in [1.807, 2.05) is 0 Å². The van der Waals surface area contributed by atoms with Crippen LogP contribution >= 0.6 is 23.2 Å². The lowest BCUT2D eigenvalue weighted by Crippen LogP contribution is -2.59. The van der Waals surface area contributed by atoms with E-state index in [-0.39, 0.29) is 24.1 Å². The number of rotatable bonds is 10. The van der Waals surface area contributed by atoms with Gasteiger partial charge in [-0.05, 0) is 42.2 Å². The summed E-state index contributed by atoms with van der Waals surface area (Å²) in [6.45, 7) is -0.161. The van der Waals surface area contributed by atoms with Crippen molar-refractivity contribution >= 4 is 45.0 Å². The summed E-state index contributed by atoms with van der Waals surface area (Å²) in [4.78, 5) is 50.6. The lowest BCUT2D eigenvalue weighted by atomic mass is 9.76. The number of halogens is 2. The normalized spacial score (nSPS) is 22.0. The van der Waals surface area contributed by atoms with E-state index in [1.165, 1.54) is 6.20 Å². The molecule has 1 aliphatic heterocycles. The monoisotopic (exact) mass is 662 g/mol. The van der Waals surface area contributed by atoms with E-state index >= 15 is 0 Å². The molecule has 0 spiro atoms. The highest BCUT2D eigenvalue weighted by Gasteiger charge is 2.49. The third kappa shape index (κ3) is 6.66. The van der Waals surface area contributed by atoms with Crippen LogP contribution in [0.25, 0.3) is 0 Å². The molecule has 1 saturated carbocycles. The average molecular weight is 664 g/mol. The maximum atomic E-state index is 14.3. The van der Waals surface area contributed by atoms with Crippen LogP contribution in [0.1, 0.15) is 70.6 Å². The van der Waals surface area contributed by atoms with Crippen molar-refractivity contribution in [2.75, 3.05) is 6.26 Å². The molecule has 44 heavy (non-hydrogen) atoms. The molecular formula is C29H32Cl2N6O6S. The first-order chi connectivity index (χ1) is 21.0. The van der Waals surface area contributed by atoms with Gasteiger partial charge in [-0.3, -0.25) is 14.4 Å². The molecule has 2 amide bonds. The lowest BCUT2D eigenvalue weighted by molar-refractivity contribution is -0.138. The van der Waals surface area contributed by atoms with E-state index in [2.05, 4.69) is 20.4 Å². The number of imidazole rings is 1. The third-order valence-electron chi connectivity index (χ3n) is 8.17. The van der Waals surface area contributed by atoms with Crippen molar-refractivity contribution in [2.24, 2.45) is 12.2 Å². The summed E-state index contributed by atoms with van der Waals surface area (Å²) in [5.41, 5.74) is 4.41. The predicted molar refractivity (Wildman–Crippen MR) is 164 cm³/mol. The second-order valence-corrected chi connectivity index (χ2v) is 13.6. The number of carbonyl (C=O) groups is 2. The number of hydrogen-bond donors (Lipinski definition) is 2. The number of aromatic nitrogens is 2. The molecule has 0 unspecified atom stereocenters. The number of hydrogen-bond acceptors (Lipinski definition) is 8. The van der Waals surface area contributed by atoms with Crippen molar-refractivity contribution in [1.29, 1.82) is 0 Å². The Morgan fingerprint density at radius 2 is 1.89 bits per heavy atom. The van der Waals surface area contributed by atoms with Crippen LogP contribution in [0.5, 0.6) is 0 Å². The summed E-state index contributed by atoms with van der Waals surface area (Å²) in [6.07, 6.45) is 5.19. The molecular weight excluding hydrogens is 631 g/mol. The van der Waals surface area contributed by atoms with Crippen molar-refractivity contribution in [3.63, 3.8) is 0 Å². The molecule has 12 nitrogen and oxygen atoms in total. The van der Waals surface area contributed by atoms with Crippen LogP contribution in [0, 0.1) is 4.91 Å². The smallest absolute Gasteiger partial charge is 0.255 e. The van der Waals surface area contributed by atoms with Gasteiger partial charge < -0.3 is 9.47 Å². The molecule has 5 rings (SSSR count). The number of nitroso groups, excluding NO2 is 1. The number of benzene rings is 2. The van der Waals surface area contributed by atoms with Crippen molar-refractivity contribution in [2.45, 2.75) is 62.9 Å². The molecule has 0 bridgehead atoms. The van der Waals surface area contributed by atoms with E-state index in [4.69, 9.17) is 28.0 Å². The fraction of sp³-hybridized carbons (Fsp3) is 0.414. The van der Waals surface area contributed by atoms with E-state index in [0.29, 0.717) is 46.1 Å². The topological polar surface area (TPSA) is 152 Å². The number of fused-ring (bicyclic) bond motifs is 1. The number of hydroxylamine groups is 1. The molecule has 1 aliphatic carbocycles. The van der Waals surface area contributed by atoms with Crippen molar-refractivity contribution in [3.8, 4) is 0 Å². The molecule has 2 aliphatic rings. The molecule has 2 aromatic carbocycles. The summed E-state index contributed by atoms with van der Waals surface area (Å²) in [5.74, 6) is -1.41. The van der Waals surface area contributed by atoms with Gasteiger partial charge in [-0.1, -0.05) is 65.5 Å². The van der Waals surface area contributed by atoms with Crippen LogP contribution < -0.4 is 10.2 Å². The number of amides is 2. The molecule has 3 aromatic rings. The van der Waals surface area contributed by atoms with Crippen molar-refractivity contribution in [3.05, 3.63) is 91.8 Å². The van der Waals surface area contributed by atoms with Gasteiger partial charge in [-0.15, -0.1) is 0 Å². The molecule has 1 aromatic heterocycles. The second-order valence-electron chi connectivity index (χ2n) is 11.0. The maximum Gasteiger partial charge on any atom is 0.255 e. The Morgan fingerprint density at radius 3 is 2.61 bits per heavy atom. The van der Waals surface area contributed by atoms with Crippen LogP contribution in [-0.2, 0) is 39.9 Å². The summed E-state index contributed by atoms with van der Waals surface area (Å²) in [7, 11) is -1.90. The molecule has 0 radical (unpaired) electrons. The first kappa shape index (κ1) is 32.0. The highest BCUT2D eigenvalue weighted by atomic mass is 35.5. The fourth-order valence-electron chi connectivity index (χ4n) is 6.20. The standard InChI is InChI=1S/C29H32Cl2N6O6S/c1-36-18(15-33-40)14-32-25(36)16-43-34-28(38)26-19-7-3-4-8-20(19)29(39)37(27(26)21-12-11-17(30)13-22(21)31)24-10-6-5-9-23(24)35-44(2,41)42/h3-4,7-8,11-14,23-24,26-27,35H,5-6,9-10,15-16H2,1-2H3,(H,34,38)/t23-,24-,26+,27-/m0/s1. The minimum Gasteiger partial charge on any atom is -0.331 e. The first-order valence-electron chi connectivity index (χ1n) is 14.0.